The van der Waals surface area contributed by atoms with Gasteiger partial charge in [0, 0.05) is 23.3 Å². The third-order valence-electron chi connectivity index (χ3n) is 3.03. The largest absolute Gasteiger partial charge is 0.508 e. The molecule has 0 saturated carbocycles. The molecule has 2 aromatic rings. The van der Waals surface area contributed by atoms with Crippen LogP contribution in [0.4, 0.5) is 0 Å². The molecule has 2 heteroatoms. The maximum atomic E-state index is 9.66. The molecular weight excluding hydrogens is 234 g/mol. The van der Waals surface area contributed by atoms with Crippen LogP contribution in [0.1, 0.15) is 44.7 Å². The summed E-state index contributed by atoms with van der Waals surface area (Å²) in [6.45, 7) is 8.21. The van der Waals surface area contributed by atoms with Gasteiger partial charge in [0.15, 0.2) is 0 Å². The molecular formula is C17H23NO. The van der Waals surface area contributed by atoms with E-state index in [9.17, 15) is 5.11 Å². The van der Waals surface area contributed by atoms with Crippen LogP contribution in [-0.4, -0.2) is 10.1 Å². The van der Waals surface area contributed by atoms with Crippen molar-refractivity contribution in [3.05, 3.63) is 47.8 Å². The van der Waals surface area contributed by atoms with Crippen LogP contribution in [0, 0.1) is 6.92 Å². The van der Waals surface area contributed by atoms with Crippen LogP contribution in [0.3, 0.4) is 0 Å². The third kappa shape index (κ3) is 4.09. The van der Waals surface area contributed by atoms with E-state index in [1.54, 1.807) is 12.3 Å². The molecule has 0 aliphatic rings. The molecule has 102 valence electrons. The molecule has 2 nitrogen and oxygen atoms in total. The minimum Gasteiger partial charge on any atom is -0.508 e. The third-order valence-corrected chi connectivity index (χ3v) is 3.03. The highest BCUT2D eigenvalue weighted by Gasteiger charge is 2.03. The molecule has 1 heterocycles. The molecule has 0 bridgehead atoms. The SMILES string of the molecule is C/C=C(/O)c1cc(C)c2cnccc2c1.CCCC. The summed E-state index contributed by atoms with van der Waals surface area (Å²) in [5.41, 5.74) is 1.98. The zero-order valence-corrected chi connectivity index (χ0v) is 12.3. The van der Waals surface area contributed by atoms with Gasteiger partial charge in [-0.1, -0.05) is 26.7 Å². The topological polar surface area (TPSA) is 33.1 Å². The van der Waals surface area contributed by atoms with Crippen LogP contribution in [0.5, 0.6) is 0 Å². The van der Waals surface area contributed by atoms with E-state index < -0.39 is 0 Å². The number of aromatic nitrogens is 1. The molecule has 1 aromatic heterocycles. The lowest BCUT2D eigenvalue weighted by Gasteiger charge is -2.05. The summed E-state index contributed by atoms with van der Waals surface area (Å²) >= 11 is 0. The van der Waals surface area contributed by atoms with E-state index in [1.807, 2.05) is 38.2 Å². The van der Waals surface area contributed by atoms with Gasteiger partial charge in [0.05, 0.1) is 0 Å². The second-order valence-corrected chi connectivity index (χ2v) is 4.56. The molecule has 0 aliphatic carbocycles. The van der Waals surface area contributed by atoms with E-state index in [0.717, 1.165) is 21.9 Å². The minimum absolute atomic E-state index is 0.316. The number of aliphatic hydroxyl groups is 1. The molecule has 0 unspecified atom stereocenters. The predicted molar refractivity (Wildman–Crippen MR) is 83.3 cm³/mol. The fraction of sp³-hybridized carbons (Fsp3) is 0.353. The van der Waals surface area contributed by atoms with Crippen molar-refractivity contribution in [2.45, 2.75) is 40.5 Å². The van der Waals surface area contributed by atoms with E-state index in [-0.39, 0.29) is 0 Å². The first-order valence-electron chi connectivity index (χ1n) is 6.84. The summed E-state index contributed by atoms with van der Waals surface area (Å²) in [5.74, 6) is 0.316. The second kappa shape index (κ2) is 7.57. The lowest BCUT2D eigenvalue weighted by Crippen LogP contribution is -1.87. The van der Waals surface area contributed by atoms with Crippen LogP contribution < -0.4 is 0 Å². The van der Waals surface area contributed by atoms with Gasteiger partial charge in [-0.05, 0) is 49.1 Å². The minimum atomic E-state index is 0.316. The first kappa shape index (κ1) is 15.2. The Bertz CT molecular complexity index is 556. The van der Waals surface area contributed by atoms with Gasteiger partial charge in [-0.15, -0.1) is 0 Å². The maximum Gasteiger partial charge on any atom is 0.118 e. The second-order valence-electron chi connectivity index (χ2n) is 4.56. The Morgan fingerprint density at radius 2 is 1.95 bits per heavy atom. The van der Waals surface area contributed by atoms with Gasteiger partial charge in [-0.3, -0.25) is 4.98 Å². The monoisotopic (exact) mass is 257 g/mol. The molecule has 0 spiro atoms. The zero-order valence-electron chi connectivity index (χ0n) is 12.3. The number of fused-ring (bicyclic) bond motifs is 1. The lowest BCUT2D eigenvalue weighted by atomic mass is 10.0. The highest BCUT2D eigenvalue weighted by atomic mass is 16.3. The number of aliphatic hydroxyl groups excluding tert-OH is 1. The normalized spacial score (nSPS) is 11.1. The Kier molecular flexibility index (Phi) is 6.07. The molecule has 0 amide bonds. The van der Waals surface area contributed by atoms with Crippen molar-refractivity contribution >= 4 is 16.5 Å². The van der Waals surface area contributed by atoms with Crippen LogP contribution in [0.25, 0.3) is 16.5 Å². The summed E-state index contributed by atoms with van der Waals surface area (Å²) in [4.78, 5) is 4.09. The summed E-state index contributed by atoms with van der Waals surface area (Å²) in [6.07, 6.45) is 7.95. The first-order chi connectivity index (χ1) is 9.13. The van der Waals surface area contributed by atoms with Crippen LogP contribution in [0.2, 0.25) is 0 Å². The summed E-state index contributed by atoms with van der Waals surface area (Å²) < 4.78 is 0. The number of rotatable bonds is 2. The summed E-state index contributed by atoms with van der Waals surface area (Å²) in [5, 5.41) is 11.9. The molecule has 0 radical (unpaired) electrons. The highest BCUT2D eigenvalue weighted by Crippen LogP contribution is 2.22. The van der Waals surface area contributed by atoms with Gasteiger partial charge in [-0.25, -0.2) is 0 Å². The highest BCUT2D eigenvalue weighted by molar-refractivity contribution is 5.87. The number of hydrogen-bond acceptors (Lipinski definition) is 2. The average molecular weight is 257 g/mol. The van der Waals surface area contributed by atoms with Gasteiger partial charge in [0.25, 0.3) is 0 Å². The molecule has 0 aliphatic heterocycles. The van der Waals surface area contributed by atoms with E-state index in [4.69, 9.17) is 0 Å². The van der Waals surface area contributed by atoms with Crippen LogP contribution in [0.15, 0.2) is 36.7 Å². The van der Waals surface area contributed by atoms with Gasteiger partial charge < -0.3 is 5.11 Å². The van der Waals surface area contributed by atoms with Crippen LogP contribution >= 0.6 is 0 Å². The average Bonchev–Trinajstić information content (AvgIpc) is 2.46. The van der Waals surface area contributed by atoms with Crippen molar-refractivity contribution in [2.75, 3.05) is 0 Å². The van der Waals surface area contributed by atoms with Crippen molar-refractivity contribution in [2.24, 2.45) is 0 Å². The molecule has 19 heavy (non-hydrogen) atoms. The lowest BCUT2D eigenvalue weighted by molar-refractivity contribution is 0.511. The standard InChI is InChI=1S/C13H13NO.C4H10/c1-3-13(15)11-6-9(2)12-8-14-5-4-10(12)7-11;1-3-4-2/h3-8,15H,1-2H3;3-4H2,1-2H3/b13-3+;. The van der Waals surface area contributed by atoms with E-state index >= 15 is 0 Å². The summed E-state index contributed by atoms with van der Waals surface area (Å²) in [7, 11) is 0. The Morgan fingerprint density at radius 3 is 2.53 bits per heavy atom. The van der Waals surface area contributed by atoms with E-state index in [1.165, 1.54) is 12.8 Å². The van der Waals surface area contributed by atoms with E-state index in [2.05, 4.69) is 18.8 Å². The van der Waals surface area contributed by atoms with Crippen LogP contribution in [-0.2, 0) is 0 Å². The number of aryl methyl sites for hydroxylation is 1. The van der Waals surface area contributed by atoms with Crippen molar-refractivity contribution in [1.29, 1.82) is 0 Å². The van der Waals surface area contributed by atoms with Gasteiger partial charge in [0.2, 0.25) is 0 Å². The fourth-order valence-corrected chi connectivity index (χ4v) is 1.70. The number of unbranched alkanes of at least 4 members (excludes halogenated alkanes) is 1. The molecule has 0 saturated heterocycles. The van der Waals surface area contributed by atoms with Crippen molar-refractivity contribution < 1.29 is 5.11 Å². The molecule has 0 fully saturated rings. The Balaban J connectivity index is 0.000000399. The number of allylic oxidation sites excluding steroid dienone is 1. The van der Waals surface area contributed by atoms with Gasteiger partial charge >= 0.3 is 0 Å². The molecule has 1 aromatic carbocycles. The molecule has 2 rings (SSSR count). The number of benzene rings is 1. The maximum absolute atomic E-state index is 9.66. The Hall–Kier alpha value is -1.83. The number of pyridine rings is 1. The summed E-state index contributed by atoms with van der Waals surface area (Å²) in [6, 6.07) is 5.90. The Labute approximate surface area is 115 Å². The smallest absolute Gasteiger partial charge is 0.118 e. The van der Waals surface area contributed by atoms with Crippen molar-refractivity contribution in [1.82, 2.24) is 4.98 Å². The molecule has 1 N–H and O–H groups in total. The van der Waals surface area contributed by atoms with Crippen molar-refractivity contribution in [3.63, 3.8) is 0 Å². The zero-order chi connectivity index (χ0) is 14.3. The quantitative estimate of drug-likeness (QED) is 0.743. The van der Waals surface area contributed by atoms with Crippen molar-refractivity contribution in [3.8, 4) is 0 Å². The fourth-order valence-electron chi connectivity index (χ4n) is 1.70. The Morgan fingerprint density at radius 1 is 1.26 bits per heavy atom. The van der Waals surface area contributed by atoms with Gasteiger partial charge in [0.1, 0.15) is 5.76 Å². The first-order valence-corrected chi connectivity index (χ1v) is 6.84. The number of hydrogen-bond donors (Lipinski definition) is 1. The van der Waals surface area contributed by atoms with Gasteiger partial charge in [-0.2, -0.15) is 0 Å². The molecule has 0 atom stereocenters. The predicted octanol–water partition coefficient (Wildman–Crippen LogP) is 5.27. The van der Waals surface area contributed by atoms with E-state index in [0.29, 0.717) is 5.76 Å². The number of nitrogens with zero attached hydrogens (tertiary/aromatic N) is 1.